The maximum absolute atomic E-state index is 13.2. The number of benzene rings is 3. The van der Waals surface area contributed by atoms with Gasteiger partial charge in [0.1, 0.15) is 5.82 Å². The van der Waals surface area contributed by atoms with Gasteiger partial charge in [0.2, 0.25) is 5.91 Å². The summed E-state index contributed by atoms with van der Waals surface area (Å²) >= 11 is 0. The van der Waals surface area contributed by atoms with Crippen LogP contribution in [0.25, 0.3) is 0 Å². The van der Waals surface area contributed by atoms with Crippen LogP contribution in [0.1, 0.15) is 48.4 Å². The van der Waals surface area contributed by atoms with Gasteiger partial charge >= 0.3 is 5.97 Å². The minimum atomic E-state index is -1.19. The number of hydrogen-bond donors (Lipinski definition) is 2. The SMILES string of the molecule is CC(OC(=O)c1ccc2c(c1)C(=O)N(c1ccc(F)cc1)C2=O)C(=O)Nc1ccc(C(N)=O)cc1. The van der Waals surface area contributed by atoms with Crippen molar-refractivity contribution in [2.75, 3.05) is 10.2 Å². The molecule has 3 aromatic rings. The summed E-state index contributed by atoms with van der Waals surface area (Å²) in [7, 11) is 0. The summed E-state index contributed by atoms with van der Waals surface area (Å²) in [5.41, 5.74) is 6.04. The molecule has 9 nitrogen and oxygen atoms in total. The summed E-state index contributed by atoms with van der Waals surface area (Å²) in [6, 6.07) is 14.5. The number of hydrogen-bond acceptors (Lipinski definition) is 6. The lowest BCUT2D eigenvalue weighted by Crippen LogP contribution is -2.30. The fourth-order valence-electron chi connectivity index (χ4n) is 3.44. The van der Waals surface area contributed by atoms with E-state index in [1.807, 2.05) is 0 Å². The van der Waals surface area contributed by atoms with Crippen LogP contribution in [0.3, 0.4) is 0 Å². The predicted octanol–water partition coefficient (Wildman–Crippen LogP) is 2.91. The molecule has 0 fully saturated rings. The normalized spacial score (nSPS) is 13.3. The summed E-state index contributed by atoms with van der Waals surface area (Å²) in [5, 5.41) is 2.55. The maximum Gasteiger partial charge on any atom is 0.338 e. The van der Waals surface area contributed by atoms with Crippen molar-refractivity contribution < 1.29 is 33.1 Å². The molecule has 0 spiro atoms. The largest absolute Gasteiger partial charge is 0.449 e. The van der Waals surface area contributed by atoms with Crippen molar-refractivity contribution in [3.05, 3.63) is 94.8 Å². The summed E-state index contributed by atoms with van der Waals surface area (Å²) in [4.78, 5) is 62.5. The summed E-state index contributed by atoms with van der Waals surface area (Å²) in [6.07, 6.45) is -1.19. The van der Waals surface area contributed by atoms with Gasteiger partial charge in [0.15, 0.2) is 6.10 Å². The number of esters is 1. The van der Waals surface area contributed by atoms with Gasteiger partial charge in [0.25, 0.3) is 17.7 Å². The van der Waals surface area contributed by atoms with Crippen molar-refractivity contribution in [3.63, 3.8) is 0 Å². The number of nitrogens with two attached hydrogens (primary N) is 1. The molecule has 0 aliphatic carbocycles. The highest BCUT2D eigenvalue weighted by atomic mass is 19.1. The molecule has 1 unspecified atom stereocenters. The van der Waals surface area contributed by atoms with Gasteiger partial charge in [-0.2, -0.15) is 0 Å². The molecular formula is C25H18FN3O6. The topological polar surface area (TPSA) is 136 Å². The Labute approximate surface area is 198 Å². The number of carbonyl (C=O) groups is 5. The van der Waals surface area contributed by atoms with E-state index in [0.29, 0.717) is 5.69 Å². The van der Waals surface area contributed by atoms with Crippen LogP contribution in [0.5, 0.6) is 0 Å². The van der Waals surface area contributed by atoms with Crippen LogP contribution in [0.4, 0.5) is 15.8 Å². The number of primary amides is 1. The van der Waals surface area contributed by atoms with Gasteiger partial charge in [-0.15, -0.1) is 0 Å². The van der Waals surface area contributed by atoms with Gasteiger partial charge in [-0.1, -0.05) is 0 Å². The number of fused-ring (bicyclic) bond motifs is 1. The van der Waals surface area contributed by atoms with Crippen LogP contribution in [-0.2, 0) is 9.53 Å². The van der Waals surface area contributed by atoms with Crippen LogP contribution in [0, 0.1) is 5.82 Å². The Kier molecular flexibility index (Phi) is 6.11. The highest BCUT2D eigenvalue weighted by Gasteiger charge is 2.37. The van der Waals surface area contributed by atoms with Crippen molar-refractivity contribution in [1.29, 1.82) is 0 Å². The molecule has 3 N–H and O–H groups in total. The number of rotatable bonds is 6. The van der Waals surface area contributed by atoms with Crippen molar-refractivity contribution in [3.8, 4) is 0 Å². The first-order valence-corrected chi connectivity index (χ1v) is 10.4. The molecule has 10 heteroatoms. The maximum atomic E-state index is 13.2. The third-order valence-electron chi connectivity index (χ3n) is 5.30. The molecule has 176 valence electrons. The molecule has 0 saturated carbocycles. The zero-order valence-corrected chi connectivity index (χ0v) is 18.3. The molecule has 0 bridgehead atoms. The van der Waals surface area contributed by atoms with Crippen LogP contribution in [0.2, 0.25) is 0 Å². The Morgan fingerprint density at radius 2 is 1.49 bits per heavy atom. The summed E-state index contributed by atoms with van der Waals surface area (Å²) < 4.78 is 18.4. The zero-order chi connectivity index (χ0) is 25.3. The number of amides is 4. The third-order valence-corrected chi connectivity index (χ3v) is 5.30. The second-order valence-corrected chi connectivity index (χ2v) is 7.66. The van der Waals surface area contributed by atoms with Crippen LogP contribution < -0.4 is 16.0 Å². The first-order chi connectivity index (χ1) is 16.7. The van der Waals surface area contributed by atoms with E-state index in [9.17, 15) is 28.4 Å². The molecule has 4 amide bonds. The fraction of sp³-hybridized carbons (Fsp3) is 0.0800. The Morgan fingerprint density at radius 3 is 2.11 bits per heavy atom. The molecule has 1 atom stereocenters. The second-order valence-electron chi connectivity index (χ2n) is 7.66. The average Bonchev–Trinajstić information content (AvgIpc) is 3.09. The van der Waals surface area contributed by atoms with Gasteiger partial charge in [-0.25, -0.2) is 14.1 Å². The van der Waals surface area contributed by atoms with Crippen LogP contribution >= 0.6 is 0 Å². The molecule has 0 aromatic heterocycles. The lowest BCUT2D eigenvalue weighted by atomic mass is 10.1. The Balaban J connectivity index is 1.45. The summed E-state index contributed by atoms with van der Waals surface area (Å²) in [6.45, 7) is 1.36. The third kappa shape index (κ3) is 4.62. The van der Waals surface area contributed by atoms with E-state index in [-0.39, 0.29) is 27.9 Å². The summed E-state index contributed by atoms with van der Waals surface area (Å²) in [5.74, 6) is -3.90. The second kappa shape index (κ2) is 9.18. The van der Waals surface area contributed by atoms with Gasteiger partial charge in [0.05, 0.1) is 22.4 Å². The molecule has 3 aromatic carbocycles. The van der Waals surface area contributed by atoms with Gasteiger partial charge < -0.3 is 15.8 Å². The molecular weight excluding hydrogens is 457 g/mol. The van der Waals surface area contributed by atoms with Crippen molar-refractivity contribution in [2.45, 2.75) is 13.0 Å². The van der Waals surface area contributed by atoms with E-state index in [1.165, 1.54) is 61.5 Å². The van der Waals surface area contributed by atoms with E-state index in [1.54, 1.807) is 0 Å². The Hall–Kier alpha value is -4.86. The van der Waals surface area contributed by atoms with E-state index in [2.05, 4.69) is 5.32 Å². The molecule has 35 heavy (non-hydrogen) atoms. The molecule has 1 aliphatic heterocycles. The van der Waals surface area contributed by atoms with Crippen molar-refractivity contribution in [1.82, 2.24) is 0 Å². The highest BCUT2D eigenvalue weighted by molar-refractivity contribution is 6.34. The number of ether oxygens (including phenoxy) is 1. The van der Waals surface area contributed by atoms with Crippen molar-refractivity contribution >= 4 is 41.0 Å². The van der Waals surface area contributed by atoms with Crippen molar-refractivity contribution in [2.24, 2.45) is 5.73 Å². The standard InChI is InChI=1S/C25H18FN3O6/c1-13(22(31)28-17-7-2-14(3-8-17)21(27)30)35-25(34)15-4-11-19-20(12-15)24(33)29(23(19)32)18-9-5-16(26)6-10-18/h2-13H,1H3,(H2,27,30)(H,28,31). The quantitative estimate of drug-likeness (QED) is 0.416. The first kappa shape index (κ1) is 23.3. The minimum absolute atomic E-state index is 0.0135. The molecule has 1 aliphatic rings. The lowest BCUT2D eigenvalue weighted by molar-refractivity contribution is -0.123. The fourth-order valence-corrected chi connectivity index (χ4v) is 3.44. The number of nitrogens with one attached hydrogen (secondary N) is 1. The van der Waals surface area contributed by atoms with E-state index in [0.717, 1.165) is 17.0 Å². The first-order valence-electron chi connectivity index (χ1n) is 10.4. The monoisotopic (exact) mass is 475 g/mol. The molecule has 1 heterocycles. The van der Waals surface area contributed by atoms with Crippen LogP contribution in [-0.4, -0.2) is 35.7 Å². The number of imide groups is 1. The van der Waals surface area contributed by atoms with E-state index >= 15 is 0 Å². The lowest BCUT2D eigenvalue weighted by Gasteiger charge is -2.14. The van der Waals surface area contributed by atoms with Gasteiger partial charge in [0, 0.05) is 11.3 Å². The average molecular weight is 475 g/mol. The van der Waals surface area contributed by atoms with E-state index < -0.39 is 41.5 Å². The van der Waals surface area contributed by atoms with E-state index in [4.69, 9.17) is 10.5 Å². The van der Waals surface area contributed by atoms with Crippen LogP contribution in [0.15, 0.2) is 66.7 Å². The molecule has 0 saturated heterocycles. The minimum Gasteiger partial charge on any atom is -0.449 e. The smallest absolute Gasteiger partial charge is 0.338 e. The van der Waals surface area contributed by atoms with Gasteiger partial charge in [-0.3, -0.25) is 19.2 Å². The Bertz CT molecular complexity index is 1370. The highest BCUT2D eigenvalue weighted by Crippen LogP contribution is 2.29. The molecule has 4 rings (SSSR count). The number of halogens is 1. The molecule has 0 radical (unpaired) electrons. The number of nitrogens with zero attached hydrogens (tertiary/aromatic N) is 1. The Morgan fingerprint density at radius 1 is 0.886 bits per heavy atom. The number of anilines is 2. The van der Waals surface area contributed by atoms with Gasteiger partial charge in [-0.05, 0) is 73.7 Å². The number of carbonyl (C=O) groups excluding carboxylic acids is 5. The predicted molar refractivity (Wildman–Crippen MR) is 122 cm³/mol. The zero-order valence-electron chi connectivity index (χ0n) is 18.3.